The Morgan fingerprint density at radius 1 is 0.449 bits per heavy atom. The average molecular weight is 764 g/mol. The van der Waals surface area contributed by atoms with Gasteiger partial charge in [-0.3, -0.25) is 9.98 Å². The minimum absolute atomic E-state index is 0. The Hall–Kier alpha value is -1.56. The first-order chi connectivity index (χ1) is 23.7. The van der Waals surface area contributed by atoms with Gasteiger partial charge in [-0.2, -0.15) is 0 Å². The van der Waals surface area contributed by atoms with Crippen molar-refractivity contribution in [2.75, 3.05) is 0 Å². The van der Waals surface area contributed by atoms with Crippen molar-refractivity contribution in [2.24, 2.45) is 9.98 Å². The van der Waals surface area contributed by atoms with Crippen molar-refractivity contribution in [2.45, 2.75) is 207 Å². The van der Waals surface area contributed by atoms with Gasteiger partial charge in [0.1, 0.15) is 0 Å². The van der Waals surface area contributed by atoms with E-state index in [0.717, 1.165) is 42.8 Å². The molecule has 0 saturated heterocycles. The van der Waals surface area contributed by atoms with Crippen LogP contribution in [-0.2, 0) is 33.3 Å². The van der Waals surface area contributed by atoms with Crippen molar-refractivity contribution in [3.05, 3.63) is 59.7 Å². The van der Waals surface area contributed by atoms with Crippen molar-refractivity contribution in [1.29, 1.82) is 0 Å². The molecule has 3 heteroatoms. The van der Waals surface area contributed by atoms with Crippen LogP contribution < -0.4 is 0 Å². The minimum atomic E-state index is 0. The number of nitrogens with zero attached hydrogens (tertiary/aromatic N) is 2. The van der Waals surface area contributed by atoms with Gasteiger partial charge in [0.05, 0.1) is 17.1 Å². The van der Waals surface area contributed by atoms with Crippen molar-refractivity contribution in [3.8, 4) is 0 Å². The molecule has 0 unspecified atom stereocenters. The first kappa shape index (κ1) is 45.5. The average Bonchev–Trinajstić information content (AvgIpc) is 3.10. The van der Waals surface area contributed by atoms with Gasteiger partial charge in [-0.25, -0.2) is 0 Å². The summed E-state index contributed by atoms with van der Waals surface area (Å²) in [4.78, 5) is 9.99. The summed E-state index contributed by atoms with van der Waals surface area (Å²) in [6.45, 7) is 6.85. The normalized spacial score (nSPS) is 11.8. The molecule has 49 heavy (non-hydrogen) atoms. The van der Waals surface area contributed by atoms with Gasteiger partial charge in [-0.05, 0) is 73.9 Å². The van der Waals surface area contributed by atoms with Gasteiger partial charge in [0.15, 0.2) is 0 Å². The first-order valence-corrected chi connectivity index (χ1v) is 21.0. The van der Waals surface area contributed by atoms with E-state index in [1.807, 2.05) is 6.21 Å². The van der Waals surface area contributed by atoms with Crippen LogP contribution in [0.4, 0.5) is 11.4 Å². The van der Waals surface area contributed by atoms with Crippen molar-refractivity contribution in [1.82, 2.24) is 0 Å². The second kappa shape index (κ2) is 33.6. The fourth-order valence-electron chi connectivity index (χ4n) is 6.74. The summed E-state index contributed by atoms with van der Waals surface area (Å²) < 4.78 is 0. The van der Waals surface area contributed by atoms with Gasteiger partial charge in [0, 0.05) is 26.6 Å². The van der Waals surface area contributed by atoms with Crippen LogP contribution in [0.15, 0.2) is 58.5 Å². The van der Waals surface area contributed by atoms with Gasteiger partial charge in [-0.15, -0.1) is 0 Å². The molecule has 0 aliphatic rings. The van der Waals surface area contributed by atoms with E-state index in [-0.39, 0.29) is 20.4 Å². The van der Waals surface area contributed by atoms with Crippen LogP contribution in [0.2, 0.25) is 0 Å². The topological polar surface area (TPSA) is 24.7 Å². The fraction of sp³-hybridized carbons (Fsp3) is 0.696. The molecule has 0 amide bonds. The van der Waals surface area contributed by atoms with Crippen LogP contribution in [0.25, 0.3) is 0 Å². The van der Waals surface area contributed by atoms with Crippen LogP contribution in [0, 0.1) is 0 Å². The number of aryl methyl sites for hydroxylation is 2. The molecule has 2 rings (SSSR count). The van der Waals surface area contributed by atoms with Crippen molar-refractivity contribution < 1.29 is 20.4 Å². The molecule has 0 bridgehead atoms. The predicted molar refractivity (Wildman–Crippen MR) is 217 cm³/mol. The second-order valence-electron chi connectivity index (χ2n) is 14.6. The van der Waals surface area contributed by atoms with Gasteiger partial charge in [0.2, 0.25) is 0 Å². The maximum Gasteiger partial charge on any atom is 0.0636 e. The van der Waals surface area contributed by atoms with Crippen LogP contribution in [-0.4, -0.2) is 11.9 Å². The van der Waals surface area contributed by atoms with E-state index < -0.39 is 0 Å². The molecular weight excluding hydrogens is 687 g/mol. The van der Waals surface area contributed by atoms with E-state index in [1.54, 1.807) is 0 Å². The van der Waals surface area contributed by atoms with E-state index in [2.05, 4.69) is 69.3 Å². The van der Waals surface area contributed by atoms with Crippen LogP contribution in [0.5, 0.6) is 0 Å². The monoisotopic (exact) mass is 763 g/mol. The smallest absolute Gasteiger partial charge is 0.0636 e. The maximum atomic E-state index is 5.08. The molecule has 0 heterocycles. The van der Waals surface area contributed by atoms with E-state index in [4.69, 9.17) is 9.98 Å². The minimum Gasteiger partial charge on any atom is -0.255 e. The number of hydrogen-bond acceptors (Lipinski definition) is 2. The Labute approximate surface area is 318 Å². The zero-order valence-electron chi connectivity index (χ0n) is 32.4. The third kappa shape index (κ3) is 26.0. The molecule has 0 saturated carbocycles. The third-order valence-corrected chi connectivity index (χ3v) is 9.88. The summed E-state index contributed by atoms with van der Waals surface area (Å²) in [5.74, 6) is 0. The Morgan fingerprint density at radius 3 is 1.24 bits per heavy atom. The molecule has 0 aromatic heterocycles. The first-order valence-electron chi connectivity index (χ1n) is 21.0. The number of hydrogen-bond donors (Lipinski definition) is 0. The number of unbranched alkanes of at least 4 members (excludes halogenated alkanes) is 23. The molecule has 0 atom stereocenters. The largest absolute Gasteiger partial charge is 0.255 e. The Kier molecular flexibility index (Phi) is 31.2. The molecule has 0 spiro atoms. The van der Waals surface area contributed by atoms with E-state index in [9.17, 15) is 0 Å². The molecule has 2 aromatic rings. The summed E-state index contributed by atoms with van der Waals surface area (Å²) in [7, 11) is 0. The number of rotatable bonds is 32. The van der Waals surface area contributed by atoms with Crippen molar-refractivity contribution in [3.63, 3.8) is 0 Å². The summed E-state index contributed by atoms with van der Waals surface area (Å²) in [6, 6.07) is 17.8. The standard InChI is InChI=1S/C46H76N2.Pd/c1-4-7-10-12-14-16-18-20-22-24-26-28-32-42-34-30-37-44(39-42)47-41-46(36-9-6-3)48-45-38-31-35-43(40-45)33-29-27-25-23-21-19-17-15-13-11-8-5-2;/h30-31,34-35,37-41H,4-29,32-33,36H2,1-3H3;. The summed E-state index contributed by atoms with van der Waals surface area (Å²) in [5.41, 5.74) is 6.04. The summed E-state index contributed by atoms with van der Waals surface area (Å²) >= 11 is 0. The van der Waals surface area contributed by atoms with E-state index in [1.165, 1.54) is 172 Å². The molecule has 0 aliphatic carbocycles. The van der Waals surface area contributed by atoms with Gasteiger partial charge in [-0.1, -0.05) is 193 Å². The Morgan fingerprint density at radius 2 is 0.816 bits per heavy atom. The quantitative estimate of drug-likeness (QED) is 0.0403. The molecule has 0 radical (unpaired) electrons. The van der Waals surface area contributed by atoms with Gasteiger partial charge < -0.3 is 0 Å². The van der Waals surface area contributed by atoms with Gasteiger partial charge in [0.25, 0.3) is 0 Å². The molecule has 0 aliphatic heterocycles. The predicted octanol–water partition coefficient (Wildman–Crippen LogP) is 15.8. The second-order valence-corrected chi connectivity index (χ2v) is 14.6. The van der Waals surface area contributed by atoms with Crippen LogP contribution in [0.3, 0.4) is 0 Å². The Bertz CT molecular complexity index is 1070. The summed E-state index contributed by atoms with van der Waals surface area (Å²) in [6.07, 6.45) is 41.2. The van der Waals surface area contributed by atoms with Crippen LogP contribution >= 0.6 is 0 Å². The molecule has 0 fully saturated rings. The third-order valence-electron chi connectivity index (χ3n) is 9.88. The molecule has 2 nitrogen and oxygen atoms in total. The van der Waals surface area contributed by atoms with Crippen molar-refractivity contribution >= 4 is 23.3 Å². The van der Waals surface area contributed by atoms with Crippen LogP contribution in [0.1, 0.15) is 205 Å². The maximum absolute atomic E-state index is 5.08. The number of aliphatic imine (C=N–C) groups is 2. The van der Waals surface area contributed by atoms with E-state index >= 15 is 0 Å². The molecular formula is C46H76N2Pd. The van der Waals surface area contributed by atoms with E-state index in [0.29, 0.717) is 0 Å². The molecule has 0 N–H and O–H groups in total. The Balaban J connectivity index is 0.0000120. The molecule has 2 aromatic carbocycles. The van der Waals surface area contributed by atoms with Gasteiger partial charge >= 0.3 is 0 Å². The molecule has 280 valence electrons. The zero-order chi connectivity index (χ0) is 34.2. The SMILES string of the molecule is CCCCCCCCCCCCCCc1cccc(N=CC(CCCC)=Nc2cccc(CCCCCCCCCCCCCC)c2)c1.[Pd]. The summed E-state index contributed by atoms with van der Waals surface area (Å²) in [5, 5.41) is 0. The zero-order valence-corrected chi connectivity index (χ0v) is 34.0. The fourth-order valence-corrected chi connectivity index (χ4v) is 6.74. The number of benzene rings is 2.